The highest BCUT2D eigenvalue weighted by Crippen LogP contribution is 2.15. The van der Waals surface area contributed by atoms with Crippen LogP contribution in [0.2, 0.25) is 0 Å². The van der Waals surface area contributed by atoms with E-state index in [1.807, 2.05) is 6.92 Å². The molecule has 0 aromatic heterocycles. The monoisotopic (exact) mass is 469 g/mol. The van der Waals surface area contributed by atoms with Gasteiger partial charge in [-0.15, -0.1) is 24.0 Å². The van der Waals surface area contributed by atoms with Crippen molar-refractivity contribution in [1.29, 1.82) is 0 Å². The van der Waals surface area contributed by atoms with Crippen LogP contribution >= 0.6 is 24.0 Å². The van der Waals surface area contributed by atoms with Gasteiger partial charge in [-0.1, -0.05) is 6.92 Å². The van der Waals surface area contributed by atoms with Gasteiger partial charge < -0.3 is 20.3 Å². The number of hydrogen-bond donors (Lipinski definition) is 2. The average Bonchev–Trinajstić information content (AvgIpc) is 3.03. The Hall–Kier alpha value is -0.610. The zero-order valence-electron chi connectivity index (χ0n) is 16.2. The molecule has 1 fully saturated rings. The molecule has 1 unspecified atom stereocenters. The van der Waals surface area contributed by atoms with E-state index in [1.54, 1.807) is 19.0 Å². The van der Waals surface area contributed by atoms with Crippen LogP contribution in [0.5, 0.6) is 0 Å². The molecule has 0 aliphatic carbocycles. The molecule has 0 spiro atoms. The summed E-state index contributed by atoms with van der Waals surface area (Å²) in [5, 5.41) is 6.70. The van der Waals surface area contributed by atoms with Crippen molar-refractivity contribution in [3.63, 3.8) is 0 Å². The van der Waals surface area contributed by atoms with Gasteiger partial charge in [0.05, 0.1) is 0 Å². The van der Waals surface area contributed by atoms with Crippen LogP contribution in [0.4, 0.5) is 0 Å². The van der Waals surface area contributed by atoms with Gasteiger partial charge >= 0.3 is 0 Å². The summed E-state index contributed by atoms with van der Waals surface area (Å²) < 4.78 is 5.35. The van der Waals surface area contributed by atoms with Crippen molar-refractivity contribution in [2.24, 2.45) is 4.99 Å². The molecule has 0 aromatic rings. The number of nitrogens with one attached hydrogen (secondary N) is 2. The van der Waals surface area contributed by atoms with Gasteiger partial charge in [0.2, 0.25) is 5.91 Å². The summed E-state index contributed by atoms with van der Waals surface area (Å²) >= 11 is 0. The van der Waals surface area contributed by atoms with Crippen molar-refractivity contribution in [2.75, 3.05) is 60.0 Å². The van der Waals surface area contributed by atoms with Crippen molar-refractivity contribution in [2.45, 2.75) is 39.2 Å². The van der Waals surface area contributed by atoms with E-state index in [4.69, 9.17) is 4.74 Å². The van der Waals surface area contributed by atoms with Gasteiger partial charge in [0.15, 0.2) is 5.96 Å². The number of carbonyl (C=O) groups is 1. The minimum Gasteiger partial charge on any atom is -0.382 e. The number of nitrogens with zero attached hydrogens (tertiary/aromatic N) is 3. The first-order valence-corrected chi connectivity index (χ1v) is 9.12. The third kappa shape index (κ3) is 10.2. The molecule has 0 radical (unpaired) electrons. The Balaban J connectivity index is 0.00000576. The Morgan fingerprint density at radius 1 is 1.32 bits per heavy atom. The third-order valence-electron chi connectivity index (χ3n) is 4.24. The Morgan fingerprint density at radius 2 is 2.08 bits per heavy atom. The average molecular weight is 469 g/mol. The highest BCUT2D eigenvalue weighted by Gasteiger charge is 2.22. The first-order valence-electron chi connectivity index (χ1n) is 9.12. The Bertz CT molecular complexity index is 393. The first-order chi connectivity index (χ1) is 11.6. The molecule has 8 heteroatoms. The molecule has 0 aromatic carbocycles. The van der Waals surface area contributed by atoms with Gasteiger partial charge in [-0.25, -0.2) is 4.99 Å². The van der Waals surface area contributed by atoms with E-state index in [2.05, 4.69) is 27.4 Å². The molecule has 0 bridgehead atoms. The minimum absolute atomic E-state index is 0. The number of ether oxygens (including phenoxy) is 1. The molecule has 7 nitrogen and oxygen atoms in total. The molecule has 0 saturated carbocycles. The molecular formula is C17H36IN5O2. The Labute approximate surface area is 170 Å². The second-order valence-corrected chi connectivity index (χ2v) is 6.24. The zero-order valence-corrected chi connectivity index (χ0v) is 18.5. The van der Waals surface area contributed by atoms with Crippen LogP contribution in [0, 0.1) is 0 Å². The number of guanidine groups is 1. The maximum atomic E-state index is 11.8. The van der Waals surface area contributed by atoms with Gasteiger partial charge in [-0.05, 0) is 39.3 Å². The Morgan fingerprint density at radius 3 is 2.72 bits per heavy atom. The van der Waals surface area contributed by atoms with Crippen molar-refractivity contribution >= 4 is 35.8 Å². The highest BCUT2D eigenvalue weighted by molar-refractivity contribution is 14.0. The van der Waals surface area contributed by atoms with E-state index in [9.17, 15) is 4.79 Å². The van der Waals surface area contributed by atoms with Gasteiger partial charge in [-0.3, -0.25) is 9.69 Å². The van der Waals surface area contributed by atoms with E-state index in [0.29, 0.717) is 12.0 Å². The number of likely N-dealkylation sites (tertiary alicyclic amines) is 1. The smallest absolute Gasteiger partial charge is 0.243 e. The molecule has 1 amide bonds. The van der Waals surface area contributed by atoms with Crippen LogP contribution in [-0.4, -0.2) is 87.7 Å². The number of rotatable bonds is 10. The van der Waals surface area contributed by atoms with Crippen LogP contribution in [0.3, 0.4) is 0 Å². The number of amides is 1. The van der Waals surface area contributed by atoms with Gasteiger partial charge in [-0.2, -0.15) is 0 Å². The van der Waals surface area contributed by atoms with Crippen molar-refractivity contribution in [3.8, 4) is 0 Å². The number of aliphatic imine (C=N–C) groups is 1. The maximum absolute atomic E-state index is 11.8. The Kier molecular flexibility index (Phi) is 14.2. The highest BCUT2D eigenvalue weighted by atomic mass is 127. The largest absolute Gasteiger partial charge is 0.382 e. The normalized spacial score (nSPS) is 17.9. The number of carbonyl (C=O) groups excluding carboxylic acids is 1. The summed E-state index contributed by atoms with van der Waals surface area (Å²) in [5.74, 6) is 0.714. The molecule has 148 valence electrons. The zero-order chi connectivity index (χ0) is 17.8. The van der Waals surface area contributed by atoms with E-state index >= 15 is 0 Å². The summed E-state index contributed by atoms with van der Waals surface area (Å²) in [5.41, 5.74) is 0. The number of hydrogen-bond acceptors (Lipinski definition) is 4. The lowest BCUT2D eigenvalue weighted by molar-refractivity contribution is -0.127. The molecular weight excluding hydrogens is 433 g/mol. The SMILES string of the molecule is CCOCCCNC(=NCC(=O)N(C)C)NCC1CCCN1CC.I. The molecule has 1 atom stereocenters. The molecule has 1 heterocycles. The fourth-order valence-corrected chi connectivity index (χ4v) is 2.74. The topological polar surface area (TPSA) is 69.2 Å². The summed E-state index contributed by atoms with van der Waals surface area (Å²) in [7, 11) is 3.50. The lowest BCUT2D eigenvalue weighted by Crippen LogP contribution is -2.45. The van der Waals surface area contributed by atoms with E-state index < -0.39 is 0 Å². The van der Waals surface area contributed by atoms with E-state index in [0.717, 1.165) is 39.3 Å². The van der Waals surface area contributed by atoms with Crippen LogP contribution in [0.15, 0.2) is 4.99 Å². The van der Waals surface area contributed by atoms with Crippen molar-refractivity contribution in [1.82, 2.24) is 20.4 Å². The van der Waals surface area contributed by atoms with Crippen molar-refractivity contribution in [3.05, 3.63) is 0 Å². The van der Waals surface area contributed by atoms with E-state index in [1.165, 1.54) is 19.4 Å². The quantitative estimate of drug-likeness (QED) is 0.217. The molecule has 1 aliphatic heterocycles. The predicted octanol–water partition coefficient (Wildman–Crippen LogP) is 1.14. The van der Waals surface area contributed by atoms with Gasteiger partial charge in [0, 0.05) is 46.4 Å². The van der Waals surface area contributed by atoms with Crippen LogP contribution in [0.25, 0.3) is 0 Å². The molecule has 25 heavy (non-hydrogen) atoms. The number of halogens is 1. The fourth-order valence-electron chi connectivity index (χ4n) is 2.74. The summed E-state index contributed by atoms with van der Waals surface area (Å²) in [6.45, 7) is 9.74. The van der Waals surface area contributed by atoms with Crippen LogP contribution in [-0.2, 0) is 9.53 Å². The first kappa shape index (κ1) is 24.4. The molecule has 1 aliphatic rings. The van der Waals surface area contributed by atoms with Crippen LogP contribution in [0.1, 0.15) is 33.1 Å². The van der Waals surface area contributed by atoms with Gasteiger partial charge in [0.25, 0.3) is 0 Å². The van der Waals surface area contributed by atoms with Crippen LogP contribution < -0.4 is 10.6 Å². The van der Waals surface area contributed by atoms with Gasteiger partial charge in [0.1, 0.15) is 6.54 Å². The third-order valence-corrected chi connectivity index (χ3v) is 4.24. The second-order valence-electron chi connectivity index (χ2n) is 6.24. The second kappa shape index (κ2) is 14.5. The lowest BCUT2D eigenvalue weighted by atomic mass is 10.2. The summed E-state index contributed by atoms with van der Waals surface area (Å²) in [4.78, 5) is 20.2. The summed E-state index contributed by atoms with van der Waals surface area (Å²) in [6, 6.07) is 0.551. The predicted molar refractivity (Wildman–Crippen MR) is 114 cm³/mol. The summed E-state index contributed by atoms with van der Waals surface area (Å²) in [6.07, 6.45) is 3.39. The van der Waals surface area contributed by atoms with E-state index in [-0.39, 0.29) is 36.4 Å². The van der Waals surface area contributed by atoms with Crippen molar-refractivity contribution < 1.29 is 9.53 Å². The minimum atomic E-state index is 0. The maximum Gasteiger partial charge on any atom is 0.243 e. The molecule has 1 saturated heterocycles. The standard InChI is InChI=1S/C17H35N5O2.HI/c1-5-22-11-7-9-15(22)13-19-17(18-10-8-12-24-6-2)20-14-16(23)21(3)4;/h15H,5-14H2,1-4H3,(H2,18,19,20);1H. The molecule has 2 N–H and O–H groups in total. The lowest BCUT2D eigenvalue weighted by Gasteiger charge is -2.24. The number of likely N-dealkylation sites (N-methyl/N-ethyl adjacent to an activating group) is 2. The fraction of sp³-hybridized carbons (Fsp3) is 0.882. The molecule has 1 rings (SSSR count).